The lowest BCUT2D eigenvalue weighted by Gasteiger charge is -2.17. The third-order valence-corrected chi connectivity index (χ3v) is 3.33. The quantitative estimate of drug-likeness (QED) is 0.825. The van der Waals surface area contributed by atoms with Gasteiger partial charge < -0.3 is 14.8 Å². The van der Waals surface area contributed by atoms with Crippen LogP contribution < -0.4 is 10.1 Å². The van der Waals surface area contributed by atoms with Gasteiger partial charge in [0, 0.05) is 25.1 Å². The van der Waals surface area contributed by atoms with Crippen LogP contribution in [0.1, 0.15) is 11.5 Å². The van der Waals surface area contributed by atoms with Crippen molar-refractivity contribution in [3.63, 3.8) is 0 Å². The zero-order chi connectivity index (χ0) is 13.1. The van der Waals surface area contributed by atoms with E-state index in [4.69, 9.17) is 9.47 Å². The second-order valence-corrected chi connectivity index (χ2v) is 4.28. The third kappa shape index (κ3) is 2.31. The molecule has 0 aliphatic carbocycles. The highest BCUT2D eigenvalue weighted by molar-refractivity contribution is 5.74. The number of hydrogen-bond donors (Lipinski definition) is 1. The van der Waals surface area contributed by atoms with Gasteiger partial charge >= 0.3 is 5.97 Å². The summed E-state index contributed by atoms with van der Waals surface area (Å²) < 4.78 is 23.7. The number of methoxy groups -OCH3 is 2. The van der Waals surface area contributed by atoms with E-state index < -0.39 is 0 Å². The fraction of sp³-hybridized carbons (Fsp3) is 0.462. The molecule has 1 fully saturated rings. The van der Waals surface area contributed by atoms with E-state index in [-0.39, 0.29) is 23.6 Å². The molecule has 98 valence electrons. The van der Waals surface area contributed by atoms with Crippen molar-refractivity contribution in [1.29, 1.82) is 0 Å². The van der Waals surface area contributed by atoms with E-state index in [1.54, 1.807) is 12.1 Å². The van der Waals surface area contributed by atoms with E-state index in [2.05, 4.69) is 5.32 Å². The molecule has 1 aromatic rings. The number of hydrogen-bond acceptors (Lipinski definition) is 4. The zero-order valence-electron chi connectivity index (χ0n) is 10.4. The lowest BCUT2D eigenvalue weighted by atomic mass is 9.88. The molecule has 1 saturated heterocycles. The fourth-order valence-electron chi connectivity index (χ4n) is 2.34. The second kappa shape index (κ2) is 5.35. The summed E-state index contributed by atoms with van der Waals surface area (Å²) in [6, 6.07) is 4.70. The Morgan fingerprint density at radius 1 is 1.39 bits per heavy atom. The van der Waals surface area contributed by atoms with E-state index in [1.807, 2.05) is 0 Å². The molecule has 18 heavy (non-hydrogen) atoms. The van der Waals surface area contributed by atoms with E-state index in [0.29, 0.717) is 24.4 Å². The van der Waals surface area contributed by atoms with Crippen molar-refractivity contribution in [2.45, 2.75) is 5.92 Å². The highest BCUT2D eigenvalue weighted by Crippen LogP contribution is 2.32. The van der Waals surface area contributed by atoms with Crippen LogP contribution in [0.5, 0.6) is 5.75 Å². The molecular formula is C13H16FNO3. The Morgan fingerprint density at radius 2 is 2.17 bits per heavy atom. The first-order chi connectivity index (χ1) is 8.67. The molecule has 0 radical (unpaired) electrons. The average molecular weight is 253 g/mol. The molecule has 0 saturated carbocycles. The first-order valence-electron chi connectivity index (χ1n) is 5.79. The minimum atomic E-state index is -0.350. The molecule has 2 unspecified atom stereocenters. The molecule has 2 atom stereocenters. The fourth-order valence-corrected chi connectivity index (χ4v) is 2.34. The maximum absolute atomic E-state index is 14.0. The van der Waals surface area contributed by atoms with Gasteiger partial charge in [-0.15, -0.1) is 0 Å². The van der Waals surface area contributed by atoms with Gasteiger partial charge in [0.15, 0.2) is 0 Å². The molecule has 5 heteroatoms. The van der Waals surface area contributed by atoms with Crippen LogP contribution in [0.3, 0.4) is 0 Å². The van der Waals surface area contributed by atoms with Crippen LogP contribution in [0.2, 0.25) is 0 Å². The van der Waals surface area contributed by atoms with Crippen molar-refractivity contribution in [2.24, 2.45) is 5.92 Å². The van der Waals surface area contributed by atoms with Crippen molar-refractivity contribution in [3.8, 4) is 5.75 Å². The van der Waals surface area contributed by atoms with Crippen molar-refractivity contribution in [3.05, 3.63) is 29.6 Å². The van der Waals surface area contributed by atoms with E-state index in [1.165, 1.54) is 20.3 Å². The molecule has 1 aromatic carbocycles. The van der Waals surface area contributed by atoms with Crippen LogP contribution in [0, 0.1) is 11.7 Å². The zero-order valence-corrected chi connectivity index (χ0v) is 10.4. The van der Waals surface area contributed by atoms with Gasteiger partial charge in [-0.1, -0.05) is 6.07 Å². The molecule has 0 spiro atoms. The van der Waals surface area contributed by atoms with Gasteiger partial charge in [-0.3, -0.25) is 4.79 Å². The number of esters is 1. The first-order valence-corrected chi connectivity index (χ1v) is 5.79. The van der Waals surface area contributed by atoms with Crippen molar-refractivity contribution in [2.75, 3.05) is 27.3 Å². The van der Waals surface area contributed by atoms with E-state index in [9.17, 15) is 9.18 Å². The Bertz CT molecular complexity index is 450. The number of nitrogens with one attached hydrogen (secondary N) is 1. The third-order valence-electron chi connectivity index (χ3n) is 3.33. The van der Waals surface area contributed by atoms with Gasteiger partial charge in [0.1, 0.15) is 11.6 Å². The molecule has 4 nitrogen and oxygen atoms in total. The number of rotatable bonds is 3. The molecule has 1 N–H and O–H groups in total. The summed E-state index contributed by atoms with van der Waals surface area (Å²) >= 11 is 0. The number of ether oxygens (including phenoxy) is 2. The summed E-state index contributed by atoms with van der Waals surface area (Å²) in [5.74, 6) is -0.713. The minimum absolute atomic E-state index is 0.191. The highest BCUT2D eigenvalue weighted by atomic mass is 19.1. The van der Waals surface area contributed by atoms with Crippen molar-refractivity contribution < 1.29 is 18.7 Å². The molecule has 0 bridgehead atoms. The Balaban J connectivity index is 2.27. The standard InChI is InChI=1S/C13H16FNO3/c1-17-8-3-4-9(12(14)5-8)10-6-15-7-11(10)13(16)18-2/h3-5,10-11,15H,6-7H2,1-2H3. The van der Waals surface area contributed by atoms with Crippen LogP contribution >= 0.6 is 0 Å². The first kappa shape index (κ1) is 12.8. The lowest BCUT2D eigenvalue weighted by molar-refractivity contribution is -0.145. The Hall–Kier alpha value is -1.62. The molecular weight excluding hydrogens is 237 g/mol. The van der Waals surface area contributed by atoms with Crippen LogP contribution in [0.4, 0.5) is 4.39 Å². The molecule has 1 heterocycles. The van der Waals surface area contributed by atoms with Gasteiger partial charge in [0.05, 0.1) is 20.1 Å². The van der Waals surface area contributed by atoms with Crippen LogP contribution in [-0.4, -0.2) is 33.3 Å². The Morgan fingerprint density at radius 3 is 2.78 bits per heavy atom. The van der Waals surface area contributed by atoms with Crippen LogP contribution in [0.15, 0.2) is 18.2 Å². The summed E-state index contributed by atoms with van der Waals surface area (Å²) in [5, 5.41) is 3.09. The predicted molar refractivity (Wildman–Crippen MR) is 64.1 cm³/mol. The number of carbonyl (C=O) groups excluding carboxylic acids is 1. The van der Waals surface area contributed by atoms with Gasteiger partial charge in [-0.2, -0.15) is 0 Å². The molecule has 2 rings (SSSR count). The van der Waals surface area contributed by atoms with E-state index in [0.717, 1.165) is 0 Å². The topological polar surface area (TPSA) is 47.6 Å². The summed E-state index contributed by atoms with van der Waals surface area (Å²) in [6.07, 6.45) is 0. The van der Waals surface area contributed by atoms with Gasteiger partial charge in [-0.05, 0) is 11.6 Å². The molecule has 0 amide bonds. The number of halogens is 1. The number of benzene rings is 1. The Labute approximate surface area is 105 Å². The highest BCUT2D eigenvalue weighted by Gasteiger charge is 2.36. The second-order valence-electron chi connectivity index (χ2n) is 4.28. The molecule has 1 aliphatic heterocycles. The summed E-state index contributed by atoms with van der Waals surface area (Å²) in [4.78, 5) is 11.6. The van der Waals surface area contributed by atoms with Gasteiger partial charge in [0.2, 0.25) is 0 Å². The van der Waals surface area contributed by atoms with Crippen molar-refractivity contribution in [1.82, 2.24) is 5.32 Å². The monoisotopic (exact) mass is 253 g/mol. The largest absolute Gasteiger partial charge is 0.497 e. The lowest BCUT2D eigenvalue weighted by Crippen LogP contribution is -2.23. The smallest absolute Gasteiger partial charge is 0.310 e. The van der Waals surface area contributed by atoms with Crippen LogP contribution in [-0.2, 0) is 9.53 Å². The van der Waals surface area contributed by atoms with Crippen molar-refractivity contribution >= 4 is 5.97 Å². The normalized spacial score (nSPS) is 22.8. The minimum Gasteiger partial charge on any atom is -0.497 e. The SMILES string of the molecule is COC(=O)C1CNCC1c1ccc(OC)cc1F. The average Bonchev–Trinajstić information content (AvgIpc) is 2.86. The predicted octanol–water partition coefficient (Wildman–Crippen LogP) is 1.31. The molecule has 0 aromatic heterocycles. The summed E-state index contributed by atoms with van der Waals surface area (Å²) in [7, 11) is 2.84. The Kier molecular flexibility index (Phi) is 3.81. The maximum atomic E-state index is 14.0. The van der Waals surface area contributed by atoms with Gasteiger partial charge in [0.25, 0.3) is 0 Å². The maximum Gasteiger partial charge on any atom is 0.310 e. The molecule has 1 aliphatic rings. The van der Waals surface area contributed by atoms with Crippen LogP contribution in [0.25, 0.3) is 0 Å². The van der Waals surface area contributed by atoms with Gasteiger partial charge in [-0.25, -0.2) is 4.39 Å². The number of carbonyl (C=O) groups is 1. The summed E-state index contributed by atoms with van der Waals surface area (Å²) in [6.45, 7) is 1.09. The van der Waals surface area contributed by atoms with E-state index >= 15 is 0 Å². The summed E-state index contributed by atoms with van der Waals surface area (Å²) in [5.41, 5.74) is 0.524.